The zero-order chi connectivity index (χ0) is 15.0. The van der Waals surface area contributed by atoms with Crippen molar-refractivity contribution in [1.82, 2.24) is 9.88 Å². The summed E-state index contributed by atoms with van der Waals surface area (Å²) in [6.07, 6.45) is 3.22. The average Bonchev–Trinajstić information content (AvgIpc) is 2.91. The Morgan fingerprint density at radius 1 is 1.55 bits per heavy atom. The topological polar surface area (TPSA) is 103 Å². The number of primary sulfonamides is 1. The first kappa shape index (κ1) is 15.0. The van der Waals surface area contributed by atoms with E-state index in [-0.39, 0.29) is 22.0 Å². The number of nitrogens with two attached hydrogens (primary N) is 1. The molecule has 2 rings (SSSR count). The van der Waals surface area contributed by atoms with Gasteiger partial charge in [0.2, 0.25) is 10.0 Å². The molecule has 1 heterocycles. The van der Waals surface area contributed by atoms with Crippen LogP contribution in [0.4, 0.5) is 0 Å². The molecule has 0 unspecified atom stereocenters. The molecule has 0 atom stereocenters. The van der Waals surface area contributed by atoms with Crippen LogP contribution in [-0.4, -0.2) is 38.1 Å². The highest BCUT2D eigenvalue weighted by Gasteiger charge is 2.39. The van der Waals surface area contributed by atoms with Crippen molar-refractivity contribution < 1.29 is 17.9 Å². The van der Waals surface area contributed by atoms with Gasteiger partial charge in [-0.1, -0.05) is 0 Å². The fraction of sp³-hybridized carbons (Fsp3) is 0.583. The summed E-state index contributed by atoms with van der Waals surface area (Å²) in [7, 11) is -2.30. The van der Waals surface area contributed by atoms with Gasteiger partial charge in [0.05, 0.1) is 6.61 Å². The Bertz CT molecular complexity index is 617. The third-order valence-electron chi connectivity index (χ3n) is 3.38. The minimum atomic E-state index is -3.83. The number of amides is 1. The van der Waals surface area contributed by atoms with Crippen molar-refractivity contribution in [2.24, 2.45) is 5.14 Å². The lowest BCUT2D eigenvalue weighted by Crippen LogP contribution is -2.35. The molecule has 1 aliphatic carbocycles. The molecular weight excluding hydrogens is 282 g/mol. The van der Waals surface area contributed by atoms with Crippen molar-refractivity contribution in [3.63, 3.8) is 0 Å². The Balaban J connectivity index is 2.28. The van der Waals surface area contributed by atoms with Gasteiger partial charge in [-0.3, -0.25) is 4.79 Å². The number of carbonyl (C=O) groups excluding carboxylic acids is 1. The van der Waals surface area contributed by atoms with Crippen molar-refractivity contribution in [1.29, 1.82) is 0 Å². The molecule has 1 aliphatic rings. The van der Waals surface area contributed by atoms with Gasteiger partial charge >= 0.3 is 0 Å². The van der Waals surface area contributed by atoms with Crippen LogP contribution < -0.4 is 10.5 Å². The second-order valence-electron chi connectivity index (χ2n) is 5.31. The van der Waals surface area contributed by atoms with E-state index in [0.717, 1.165) is 12.8 Å². The Hall–Kier alpha value is -1.38. The lowest BCUT2D eigenvalue weighted by atomic mass is 10.3. The summed E-state index contributed by atoms with van der Waals surface area (Å²) in [6, 6.07) is 1.30. The van der Waals surface area contributed by atoms with E-state index in [4.69, 9.17) is 9.88 Å². The highest BCUT2D eigenvalue weighted by Crippen LogP contribution is 2.34. The number of sulfonamides is 1. The van der Waals surface area contributed by atoms with E-state index in [9.17, 15) is 13.2 Å². The number of nitrogens with one attached hydrogen (secondary N) is 1. The zero-order valence-electron chi connectivity index (χ0n) is 11.5. The molecular formula is C12H19N3O4S. The second kappa shape index (κ2) is 5.19. The van der Waals surface area contributed by atoms with E-state index in [1.165, 1.54) is 19.4 Å². The summed E-state index contributed by atoms with van der Waals surface area (Å²) in [6.45, 7) is 2.70. The van der Waals surface area contributed by atoms with Crippen LogP contribution in [0.25, 0.3) is 0 Å². The Morgan fingerprint density at radius 2 is 2.20 bits per heavy atom. The SMILES string of the molecule is COCCn1cc(S(N)(=O)=O)cc1C(=O)NC1(C)CC1. The maximum absolute atomic E-state index is 12.2. The maximum Gasteiger partial charge on any atom is 0.268 e. The molecule has 0 radical (unpaired) electrons. The molecule has 112 valence electrons. The van der Waals surface area contributed by atoms with E-state index in [1.54, 1.807) is 4.57 Å². The van der Waals surface area contributed by atoms with Crippen LogP contribution in [0.1, 0.15) is 30.3 Å². The van der Waals surface area contributed by atoms with Gasteiger partial charge in [0.1, 0.15) is 10.6 Å². The zero-order valence-corrected chi connectivity index (χ0v) is 12.4. The summed E-state index contributed by atoms with van der Waals surface area (Å²) >= 11 is 0. The van der Waals surface area contributed by atoms with E-state index in [2.05, 4.69) is 5.32 Å². The number of rotatable bonds is 6. The monoisotopic (exact) mass is 301 g/mol. The molecule has 8 heteroatoms. The average molecular weight is 301 g/mol. The molecule has 20 heavy (non-hydrogen) atoms. The van der Waals surface area contributed by atoms with Crippen LogP contribution in [0.15, 0.2) is 17.2 Å². The summed E-state index contributed by atoms with van der Waals surface area (Å²) in [5.41, 5.74) is 0.106. The first-order chi connectivity index (χ1) is 9.25. The minimum Gasteiger partial charge on any atom is -0.383 e. The Kier molecular flexibility index (Phi) is 3.90. The van der Waals surface area contributed by atoms with E-state index in [1.807, 2.05) is 6.92 Å². The van der Waals surface area contributed by atoms with Gasteiger partial charge in [-0.2, -0.15) is 0 Å². The highest BCUT2D eigenvalue weighted by molar-refractivity contribution is 7.89. The molecule has 0 bridgehead atoms. The standard InChI is InChI=1S/C12H19N3O4S/c1-12(3-4-12)14-11(16)10-7-9(20(13,17)18)8-15(10)5-6-19-2/h7-8H,3-6H2,1-2H3,(H,14,16)(H2,13,17,18). The quantitative estimate of drug-likeness (QED) is 0.775. The van der Waals surface area contributed by atoms with Gasteiger partial charge < -0.3 is 14.6 Å². The second-order valence-corrected chi connectivity index (χ2v) is 6.87. The van der Waals surface area contributed by atoms with Gasteiger partial charge in [-0.25, -0.2) is 13.6 Å². The van der Waals surface area contributed by atoms with Crippen LogP contribution in [-0.2, 0) is 21.3 Å². The van der Waals surface area contributed by atoms with Crippen LogP contribution in [0.5, 0.6) is 0 Å². The molecule has 0 saturated heterocycles. The smallest absolute Gasteiger partial charge is 0.268 e. The summed E-state index contributed by atoms with van der Waals surface area (Å²) in [5.74, 6) is -0.295. The number of hydrogen-bond donors (Lipinski definition) is 2. The molecule has 7 nitrogen and oxygen atoms in total. The minimum absolute atomic E-state index is 0.0697. The van der Waals surface area contributed by atoms with Crippen LogP contribution in [0.2, 0.25) is 0 Å². The van der Waals surface area contributed by atoms with Gasteiger partial charge in [-0.05, 0) is 25.8 Å². The van der Waals surface area contributed by atoms with Gasteiger partial charge in [0.25, 0.3) is 5.91 Å². The predicted molar refractivity (Wildman–Crippen MR) is 72.8 cm³/mol. The molecule has 1 aromatic heterocycles. The third-order valence-corrected chi connectivity index (χ3v) is 4.26. The maximum atomic E-state index is 12.2. The lowest BCUT2D eigenvalue weighted by molar-refractivity contribution is 0.0923. The molecule has 0 spiro atoms. The number of aromatic nitrogens is 1. The summed E-state index contributed by atoms with van der Waals surface area (Å²) in [5, 5.41) is 8.00. The molecule has 1 fully saturated rings. The number of nitrogens with zero attached hydrogens (tertiary/aromatic N) is 1. The third kappa shape index (κ3) is 3.38. The number of carbonyl (C=O) groups is 1. The lowest BCUT2D eigenvalue weighted by Gasteiger charge is -2.13. The summed E-state index contributed by atoms with van der Waals surface area (Å²) < 4.78 is 29.3. The summed E-state index contributed by atoms with van der Waals surface area (Å²) in [4.78, 5) is 12.1. The van der Waals surface area contributed by atoms with Crippen molar-refractivity contribution >= 4 is 15.9 Å². The van der Waals surface area contributed by atoms with Crippen LogP contribution >= 0.6 is 0 Å². The fourth-order valence-corrected chi connectivity index (χ4v) is 2.40. The number of hydrogen-bond acceptors (Lipinski definition) is 4. The van der Waals surface area contributed by atoms with Gasteiger partial charge in [-0.15, -0.1) is 0 Å². The molecule has 1 amide bonds. The number of ether oxygens (including phenoxy) is 1. The van der Waals surface area contributed by atoms with Gasteiger partial charge in [0, 0.05) is 25.4 Å². The predicted octanol–water partition coefficient (Wildman–Crippen LogP) is 0.0642. The van der Waals surface area contributed by atoms with E-state index in [0.29, 0.717) is 13.2 Å². The molecule has 1 saturated carbocycles. The molecule has 1 aromatic rings. The first-order valence-corrected chi connectivity index (χ1v) is 7.84. The largest absolute Gasteiger partial charge is 0.383 e. The molecule has 3 N–H and O–H groups in total. The van der Waals surface area contributed by atoms with Gasteiger partial charge in [0.15, 0.2) is 0 Å². The van der Waals surface area contributed by atoms with Crippen molar-refractivity contribution in [2.75, 3.05) is 13.7 Å². The first-order valence-electron chi connectivity index (χ1n) is 6.30. The van der Waals surface area contributed by atoms with E-state index < -0.39 is 10.0 Å². The van der Waals surface area contributed by atoms with Crippen molar-refractivity contribution in [3.8, 4) is 0 Å². The Labute approximate surface area is 118 Å². The van der Waals surface area contributed by atoms with Crippen molar-refractivity contribution in [3.05, 3.63) is 18.0 Å². The van der Waals surface area contributed by atoms with Crippen LogP contribution in [0, 0.1) is 0 Å². The number of methoxy groups -OCH3 is 1. The Morgan fingerprint density at radius 3 is 2.70 bits per heavy atom. The van der Waals surface area contributed by atoms with Crippen LogP contribution in [0.3, 0.4) is 0 Å². The molecule has 0 aliphatic heterocycles. The fourth-order valence-electron chi connectivity index (χ4n) is 1.85. The molecule has 0 aromatic carbocycles. The van der Waals surface area contributed by atoms with Crippen molar-refractivity contribution in [2.45, 2.75) is 36.7 Å². The normalized spacial score (nSPS) is 16.9. The van der Waals surface area contributed by atoms with E-state index >= 15 is 0 Å². The highest BCUT2D eigenvalue weighted by atomic mass is 32.2.